The summed E-state index contributed by atoms with van der Waals surface area (Å²) in [6, 6.07) is 8.12. The first kappa shape index (κ1) is 18.1. The van der Waals surface area contributed by atoms with Gasteiger partial charge >= 0.3 is 0 Å². The highest BCUT2D eigenvalue weighted by Gasteiger charge is 2.21. The number of benzene rings is 2. The molecule has 0 saturated carbocycles. The van der Waals surface area contributed by atoms with E-state index in [1.807, 2.05) is 13.0 Å². The van der Waals surface area contributed by atoms with Gasteiger partial charge in [0.1, 0.15) is 16.9 Å². The Hall–Kier alpha value is -2.70. The van der Waals surface area contributed by atoms with E-state index in [1.54, 1.807) is 17.3 Å². The van der Waals surface area contributed by atoms with E-state index in [2.05, 4.69) is 10.3 Å². The molecule has 1 aromatic heterocycles. The third kappa shape index (κ3) is 3.21. The quantitative estimate of drug-likeness (QED) is 0.593. The van der Waals surface area contributed by atoms with Crippen LogP contribution in [-0.4, -0.2) is 10.8 Å². The molecular weight excluding hydrogens is 377 g/mol. The number of nitroso groups, excluding NO2 is 1. The molecule has 0 radical (unpaired) electrons. The van der Waals surface area contributed by atoms with E-state index in [1.165, 1.54) is 19.1 Å². The Bertz CT molecular complexity index is 1120. The number of carbonyl (C=O) groups excluding carboxylic acids is 1. The molecule has 1 heterocycles. The molecule has 0 aliphatic rings. The molecule has 0 aliphatic heterocycles. The number of aromatic nitrogens is 1. The summed E-state index contributed by atoms with van der Waals surface area (Å²) in [5, 5.41) is 5.51. The molecule has 0 saturated heterocycles. The molecule has 0 bridgehead atoms. The summed E-state index contributed by atoms with van der Waals surface area (Å²) in [7, 11) is 0. The number of halogens is 2. The van der Waals surface area contributed by atoms with Gasteiger partial charge in [0, 0.05) is 21.2 Å². The minimum absolute atomic E-state index is 0.0757. The summed E-state index contributed by atoms with van der Waals surface area (Å²) in [6.07, 6.45) is 0. The van der Waals surface area contributed by atoms with Crippen molar-refractivity contribution in [3.63, 3.8) is 0 Å². The molecule has 26 heavy (non-hydrogen) atoms. The van der Waals surface area contributed by atoms with Gasteiger partial charge in [-0.05, 0) is 37.6 Å². The van der Waals surface area contributed by atoms with Crippen LogP contribution in [-0.2, 0) is 0 Å². The van der Waals surface area contributed by atoms with E-state index in [-0.39, 0.29) is 33.0 Å². The number of carbonyl (C=O) groups is 1. The third-order valence-corrected chi connectivity index (χ3v) is 4.45. The van der Waals surface area contributed by atoms with Crippen molar-refractivity contribution in [1.82, 2.24) is 4.98 Å². The smallest absolute Gasteiger partial charge is 0.278 e. The van der Waals surface area contributed by atoms with E-state index in [9.17, 15) is 14.5 Å². The van der Waals surface area contributed by atoms with Crippen molar-refractivity contribution >= 4 is 57.1 Å². The number of anilines is 2. The molecule has 0 amide bonds. The van der Waals surface area contributed by atoms with E-state index < -0.39 is 11.2 Å². The summed E-state index contributed by atoms with van der Waals surface area (Å²) in [6.45, 7) is 3.18. The SMILES string of the molecule is CC(=O)c1c(Nc2ccc(C)cc2Cl)[nH]c2c([NH+]=O)cc(Cl)cc2c1=O. The number of nitrogens with one attached hydrogen (secondary N) is 3. The zero-order valence-electron chi connectivity index (χ0n) is 13.9. The Morgan fingerprint density at radius 3 is 2.54 bits per heavy atom. The van der Waals surface area contributed by atoms with Crippen LogP contribution in [0.4, 0.5) is 17.2 Å². The molecule has 0 spiro atoms. The Balaban J connectivity index is 2.31. The number of aromatic amines is 1. The maximum Gasteiger partial charge on any atom is 0.278 e. The standard InChI is InChI=1S/C18H13Cl2N3O3/c1-8-3-4-13(12(20)5-8)21-18-15(9(2)24)17(25)11-6-10(19)7-14(23-26)16(11)22-18/h3-7H,1-2H3,(H2,21,22,25)/p+1. The number of hydrogen-bond acceptors (Lipinski definition) is 4. The molecule has 0 fully saturated rings. The van der Waals surface area contributed by atoms with Gasteiger partial charge in [0.05, 0.1) is 16.1 Å². The Morgan fingerprint density at radius 2 is 1.92 bits per heavy atom. The molecule has 0 aliphatic carbocycles. The van der Waals surface area contributed by atoms with E-state index in [0.717, 1.165) is 5.56 Å². The van der Waals surface area contributed by atoms with Gasteiger partial charge in [0.2, 0.25) is 5.43 Å². The lowest BCUT2D eigenvalue weighted by atomic mass is 10.1. The summed E-state index contributed by atoms with van der Waals surface area (Å²) >= 11 is 12.2. The van der Waals surface area contributed by atoms with Gasteiger partial charge < -0.3 is 10.3 Å². The number of hydrogen-bond donors (Lipinski definition) is 3. The van der Waals surface area contributed by atoms with Gasteiger partial charge in [-0.1, -0.05) is 29.3 Å². The summed E-state index contributed by atoms with van der Waals surface area (Å²) in [4.78, 5) is 39.1. The van der Waals surface area contributed by atoms with Crippen molar-refractivity contribution in [2.75, 3.05) is 5.32 Å². The number of pyridine rings is 1. The number of fused-ring (bicyclic) bond motifs is 1. The van der Waals surface area contributed by atoms with Gasteiger partial charge in [0.15, 0.2) is 5.78 Å². The van der Waals surface area contributed by atoms with Gasteiger partial charge in [-0.15, -0.1) is 0 Å². The molecule has 3 N–H and O–H groups in total. The van der Waals surface area contributed by atoms with Gasteiger partial charge in [-0.2, -0.15) is 0 Å². The fraction of sp³-hybridized carbons (Fsp3) is 0.111. The Labute approximate surface area is 158 Å². The normalized spacial score (nSPS) is 10.8. The third-order valence-electron chi connectivity index (χ3n) is 3.92. The minimum atomic E-state index is -0.531. The minimum Gasteiger partial charge on any atom is -0.340 e. The van der Waals surface area contributed by atoms with Crippen molar-refractivity contribution in [3.8, 4) is 0 Å². The Kier molecular flexibility index (Phi) is 4.80. The van der Waals surface area contributed by atoms with Gasteiger partial charge in [-0.25, -0.2) is 0 Å². The maximum absolute atomic E-state index is 12.8. The first-order valence-electron chi connectivity index (χ1n) is 7.63. The highest BCUT2D eigenvalue weighted by atomic mass is 35.5. The largest absolute Gasteiger partial charge is 0.340 e. The summed E-state index contributed by atoms with van der Waals surface area (Å²) in [5.41, 5.74) is 1.21. The topological polar surface area (TPSA) is 93.0 Å². The van der Waals surface area contributed by atoms with Crippen LogP contribution in [0.25, 0.3) is 10.9 Å². The second kappa shape index (κ2) is 6.90. The van der Waals surface area contributed by atoms with Crippen molar-refractivity contribution < 1.29 is 9.97 Å². The van der Waals surface area contributed by atoms with Crippen molar-refractivity contribution in [2.24, 2.45) is 0 Å². The highest BCUT2D eigenvalue weighted by Crippen LogP contribution is 2.29. The van der Waals surface area contributed by atoms with Crippen molar-refractivity contribution in [2.45, 2.75) is 13.8 Å². The molecule has 3 rings (SSSR count). The lowest BCUT2D eigenvalue weighted by Crippen LogP contribution is -2.56. The molecule has 2 aromatic carbocycles. The van der Waals surface area contributed by atoms with Crippen LogP contribution < -0.4 is 15.9 Å². The van der Waals surface area contributed by atoms with Crippen molar-refractivity contribution in [3.05, 3.63) is 66.6 Å². The molecular formula is C18H14Cl2N3O3+. The monoisotopic (exact) mass is 390 g/mol. The van der Waals surface area contributed by atoms with E-state index in [0.29, 0.717) is 10.7 Å². The number of ketones is 1. The van der Waals surface area contributed by atoms with Crippen LogP contribution >= 0.6 is 23.2 Å². The summed E-state index contributed by atoms with van der Waals surface area (Å²) < 4.78 is 0. The highest BCUT2D eigenvalue weighted by molar-refractivity contribution is 6.33. The molecule has 6 nitrogen and oxygen atoms in total. The van der Waals surface area contributed by atoms with Crippen LogP contribution in [0.2, 0.25) is 10.0 Å². The predicted octanol–water partition coefficient (Wildman–Crippen LogP) is 3.57. The molecule has 0 unspecified atom stereocenters. The van der Waals surface area contributed by atoms with E-state index in [4.69, 9.17) is 23.2 Å². The first-order valence-corrected chi connectivity index (χ1v) is 8.39. The van der Waals surface area contributed by atoms with Crippen LogP contribution in [0.15, 0.2) is 35.1 Å². The number of Topliss-reactive ketones (excluding diaryl/α,β-unsaturated/α-hetero) is 1. The second-order valence-electron chi connectivity index (χ2n) is 5.85. The zero-order chi connectivity index (χ0) is 19.0. The fourth-order valence-electron chi connectivity index (χ4n) is 2.72. The van der Waals surface area contributed by atoms with Crippen molar-refractivity contribution in [1.29, 1.82) is 0 Å². The lowest BCUT2D eigenvalue weighted by molar-refractivity contribution is -0.377. The number of H-pyrrole nitrogens is 1. The molecule has 8 heteroatoms. The number of aryl methyl sites for hydroxylation is 1. The summed E-state index contributed by atoms with van der Waals surface area (Å²) in [5.74, 6) is -0.282. The first-order chi connectivity index (χ1) is 12.3. The molecule has 0 atom stereocenters. The van der Waals surface area contributed by atoms with Crippen LogP contribution in [0.1, 0.15) is 22.8 Å². The number of rotatable bonds is 4. The second-order valence-corrected chi connectivity index (χ2v) is 6.69. The zero-order valence-corrected chi connectivity index (χ0v) is 15.4. The fourth-order valence-corrected chi connectivity index (χ4v) is 3.22. The maximum atomic E-state index is 12.8. The van der Waals surface area contributed by atoms with Crippen LogP contribution in [0.3, 0.4) is 0 Å². The molecule has 132 valence electrons. The van der Waals surface area contributed by atoms with Crippen LogP contribution in [0, 0.1) is 11.8 Å². The predicted molar refractivity (Wildman–Crippen MR) is 103 cm³/mol. The van der Waals surface area contributed by atoms with Gasteiger partial charge in [0.25, 0.3) is 5.69 Å². The Morgan fingerprint density at radius 1 is 1.19 bits per heavy atom. The lowest BCUT2D eigenvalue weighted by Gasteiger charge is -2.13. The molecule has 3 aromatic rings. The van der Waals surface area contributed by atoms with Crippen LogP contribution in [0.5, 0.6) is 0 Å². The van der Waals surface area contributed by atoms with Gasteiger partial charge in [-0.3, -0.25) is 9.59 Å². The average molecular weight is 391 g/mol. The average Bonchev–Trinajstić information content (AvgIpc) is 2.57. The van der Waals surface area contributed by atoms with E-state index >= 15 is 0 Å².